The molecule has 1 heterocycles. The third kappa shape index (κ3) is 5.55. The van der Waals surface area contributed by atoms with E-state index in [1.807, 2.05) is 0 Å². The first kappa shape index (κ1) is 31.6. The summed E-state index contributed by atoms with van der Waals surface area (Å²) in [7, 11) is 0. The van der Waals surface area contributed by atoms with Crippen molar-refractivity contribution >= 4 is 32.4 Å². The van der Waals surface area contributed by atoms with Crippen molar-refractivity contribution in [1.29, 1.82) is 0 Å². The molecule has 0 saturated heterocycles. The summed E-state index contributed by atoms with van der Waals surface area (Å²) in [6.45, 7) is 0. The molecule has 10 aromatic rings. The van der Waals surface area contributed by atoms with Gasteiger partial charge in [0.1, 0.15) is 0 Å². The average molecular weight is 686 g/mol. The van der Waals surface area contributed by atoms with Crippen LogP contribution < -0.4 is 0 Å². The lowest BCUT2D eigenvalue weighted by atomic mass is 9.83. The van der Waals surface area contributed by atoms with E-state index in [1.165, 1.54) is 77.2 Å². The van der Waals surface area contributed by atoms with Gasteiger partial charge in [-0.3, -0.25) is 0 Å². The number of hydrogen-bond acceptors (Lipinski definition) is 1. The van der Waals surface area contributed by atoms with Crippen molar-refractivity contribution in [3.8, 4) is 66.9 Å². The van der Waals surface area contributed by atoms with Gasteiger partial charge in [-0.15, -0.1) is 0 Å². The number of nitrogens with zero attached hydrogens (tertiary/aromatic N) is 1. The minimum absolute atomic E-state index is 0.975. The Morgan fingerprint density at radius 1 is 0.259 bits per heavy atom. The van der Waals surface area contributed by atoms with Crippen LogP contribution in [0.2, 0.25) is 0 Å². The Labute approximate surface area is 315 Å². The summed E-state index contributed by atoms with van der Waals surface area (Å²) >= 11 is 0. The highest BCUT2D eigenvalue weighted by Crippen LogP contribution is 2.46. The second-order valence-corrected chi connectivity index (χ2v) is 13.9. The molecule has 0 bridgehead atoms. The van der Waals surface area contributed by atoms with Crippen molar-refractivity contribution in [1.82, 2.24) is 4.98 Å². The maximum atomic E-state index is 5.04. The molecule has 252 valence electrons. The Balaban J connectivity index is 1.19. The van der Waals surface area contributed by atoms with Gasteiger partial charge < -0.3 is 0 Å². The smallest absolute Gasteiger partial charge is 0.0709 e. The standard InChI is InChI=1S/C53H35N/c1-3-16-36(17-4-1)43-29-15-30-44(37-18-5-2-6-19-37)51(43)41-23-14-24-42(35-41)53-47-27-10-8-25-45(47)52(46-26-9-11-28-48(46)53)40-22-13-21-39(34-40)50-33-32-38-20-7-12-31-49(38)54-50/h1-35H. The summed E-state index contributed by atoms with van der Waals surface area (Å²) in [6.07, 6.45) is 0. The molecule has 0 unspecified atom stereocenters. The van der Waals surface area contributed by atoms with E-state index in [-0.39, 0.29) is 0 Å². The fourth-order valence-electron chi connectivity index (χ4n) is 8.22. The van der Waals surface area contributed by atoms with E-state index in [0.29, 0.717) is 0 Å². The minimum atomic E-state index is 0.975. The van der Waals surface area contributed by atoms with E-state index in [0.717, 1.165) is 22.2 Å². The molecular weight excluding hydrogens is 651 g/mol. The van der Waals surface area contributed by atoms with Crippen molar-refractivity contribution in [2.45, 2.75) is 0 Å². The van der Waals surface area contributed by atoms with Crippen LogP contribution in [0.5, 0.6) is 0 Å². The van der Waals surface area contributed by atoms with E-state index in [9.17, 15) is 0 Å². The predicted molar refractivity (Wildman–Crippen MR) is 229 cm³/mol. The molecule has 9 aromatic carbocycles. The lowest BCUT2D eigenvalue weighted by Crippen LogP contribution is -1.93. The molecule has 0 radical (unpaired) electrons. The van der Waals surface area contributed by atoms with Crippen LogP contribution in [-0.4, -0.2) is 4.98 Å². The Morgan fingerprint density at radius 3 is 1.22 bits per heavy atom. The molecule has 0 fully saturated rings. The second-order valence-electron chi connectivity index (χ2n) is 13.9. The summed E-state index contributed by atoms with van der Waals surface area (Å²) in [6, 6.07) is 76.6. The first-order valence-corrected chi connectivity index (χ1v) is 18.5. The van der Waals surface area contributed by atoms with E-state index < -0.39 is 0 Å². The van der Waals surface area contributed by atoms with Crippen LogP contribution in [0.3, 0.4) is 0 Å². The van der Waals surface area contributed by atoms with Crippen molar-refractivity contribution in [3.05, 3.63) is 212 Å². The van der Waals surface area contributed by atoms with E-state index >= 15 is 0 Å². The van der Waals surface area contributed by atoms with Crippen LogP contribution in [0.4, 0.5) is 0 Å². The Morgan fingerprint density at radius 2 is 0.667 bits per heavy atom. The van der Waals surface area contributed by atoms with Crippen LogP contribution in [0.1, 0.15) is 0 Å². The number of benzene rings is 9. The topological polar surface area (TPSA) is 12.9 Å². The third-order valence-corrected chi connectivity index (χ3v) is 10.7. The van der Waals surface area contributed by atoms with Crippen molar-refractivity contribution < 1.29 is 0 Å². The Bertz CT molecular complexity index is 2860. The molecule has 0 aliphatic rings. The molecule has 0 atom stereocenters. The van der Waals surface area contributed by atoms with Crippen LogP contribution >= 0.6 is 0 Å². The zero-order chi connectivity index (χ0) is 35.8. The second kappa shape index (κ2) is 13.5. The Kier molecular flexibility index (Phi) is 7.89. The SMILES string of the molecule is c1ccc(-c2cccc(-c3ccccc3)c2-c2cccc(-c3c4ccccc4c(-c4cccc(-c5ccc6ccccc6n5)c4)c4ccccc34)c2)cc1. The zero-order valence-corrected chi connectivity index (χ0v) is 29.7. The third-order valence-electron chi connectivity index (χ3n) is 10.7. The molecule has 0 amide bonds. The Hall–Kier alpha value is -7.09. The molecule has 54 heavy (non-hydrogen) atoms. The highest BCUT2D eigenvalue weighted by atomic mass is 14.7. The number of aromatic nitrogens is 1. The van der Waals surface area contributed by atoms with Gasteiger partial charge in [-0.25, -0.2) is 4.98 Å². The van der Waals surface area contributed by atoms with Crippen molar-refractivity contribution in [2.24, 2.45) is 0 Å². The van der Waals surface area contributed by atoms with Gasteiger partial charge in [0.2, 0.25) is 0 Å². The summed E-state index contributed by atoms with van der Waals surface area (Å²) in [5.41, 5.74) is 15.2. The van der Waals surface area contributed by atoms with Gasteiger partial charge in [-0.2, -0.15) is 0 Å². The lowest BCUT2D eigenvalue weighted by molar-refractivity contribution is 1.40. The highest BCUT2D eigenvalue weighted by molar-refractivity contribution is 6.21. The fraction of sp³-hybridized carbons (Fsp3) is 0. The average Bonchev–Trinajstić information content (AvgIpc) is 3.25. The molecular formula is C53H35N. The summed E-state index contributed by atoms with van der Waals surface area (Å²) in [5, 5.41) is 6.08. The lowest BCUT2D eigenvalue weighted by Gasteiger charge is -2.20. The fourth-order valence-corrected chi connectivity index (χ4v) is 8.22. The molecule has 1 nitrogen and oxygen atoms in total. The van der Waals surface area contributed by atoms with Gasteiger partial charge in [0, 0.05) is 10.9 Å². The first-order valence-electron chi connectivity index (χ1n) is 18.5. The van der Waals surface area contributed by atoms with Gasteiger partial charge in [0.05, 0.1) is 11.2 Å². The molecule has 10 rings (SSSR count). The van der Waals surface area contributed by atoms with Crippen LogP contribution in [-0.2, 0) is 0 Å². The highest BCUT2D eigenvalue weighted by Gasteiger charge is 2.19. The zero-order valence-electron chi connectivity index (χ0n) is 29.7. The number of fused-ring (bicyclic) bond motifs is 3. The maximum Gasteiger partial charge on any atom is 0.0709 e. The minimum Gasteiger partial charge on any atom is -0.248 e. The van der Waals surface area contributed by atoms with Crippen molar-refractivity contribution in [3.63, 3.8) is 0 Å². The first-order chi connectivity index (χ1) is 26.8. The molecule has 0 aliphatic carbocycles. The number of rotatable bonds is 6. The van der Waals surface area contributed by atoms with E-state index in [2.05, 4.69) is 212 Å². The van der Waals surface area contributed by atoms with Gasteiger partial charge in [-0.05, 0) is 101 Å². The number of pyridine rings is 1. The summed E-state index contributed by atoms with van der Waals surface area (Å²) in [4.78, 5) is 5.04. The summed E-state index contributed by atoms with van der Waals surface area (Å²) < 4.78 is 0. The maximum absolute atomic E-state index is 5.04. The predicted octanol–water partition coefficient (Wildman–Crippen LogP) is 14.5. The van der Waals surface area contributed by atoms with Gasteiger partial charge in [0.15, 0.2) is 0 Å². The molecule has 1 aromatic heterocycles. The number of hydrogen-bond donors (Lipinski definition) is 0. The van der Waals surface area contributed by atoms with E-state index in [1.54, 1.807) is 0 Å². The quantitative estimate of drug-likeness (QED) is 0.159. The molecule has 0 saturated carbocycles. The van der Waals surface area contributed by atoms with Crippen LogP contribution in [0, 0.1) is 0 Å². The van der Waals surface area contributed by atoms with Gasteiger partial charge in [-0.1, -0.05) is 188 Å². The van der Waals surface area contributed by atoms with Gasteiger partial charge in [0.25, 0.3) is 0 Å². The molecule has 1 heteroatoms. The molecule has 0 spiro atoms. The normalized spacial score (nSPS) is 11.3. The summed E-state index contributed by atoms with van der Waals surface area (Å²) in [5.74, 6) is 0. The number of para-hydroxylation sites is 1. The monoisotopic (exact) mass is 685 g/mol. The van der Waals surface area contributed by atoms with Crippen LogP contribution in [0.25, 0.3) is 99.3 Å². The van der Waals surface area contributed by atoms with E-state index in [4.69, 9.17) is 4.98 Å². The molecule has 0 aliphatic heterocycles. The molecule has 0 N–H and O–H groups in total. The van der Waals surface area contributed by atoms with Gasteiger partial charge >= 0.3 is 0 Å². The largest absolute Gasteiger partial charge is 0.248 e. The van der Waals surface area contributed by atoms with Crippen molar-refractivity contribution in [2.75, 3.05) is 0 Å². The van der Waals surface area contributed by atoms with Crippen LogP contribution in [0.15, 0.2) is 212 Å².